The molecule has 0 spiro atoms. The Kier molecular flexibility index (Phi) is 3.93. The average Bonchev–Trinajstić information content (AvgIpc) is 2.78. The van der Waals surface area contributed by atoms with Gasteiger partial charge in [-0.2, -0.15) is 0 Å². The molecule has 20 heavy (non-hydrogen) atoms. The number of rotatable bonds is 1. The zero-order chi connectivity index (χ0) is 13.6. The topological polar surface area (TPSA) is 56.8 Å². The van der Waals surface area contributed by atoms with Gasteiger partial charge in [-0.25, -0.2) is 4.79 Å². The molecular formula is C13H15Cl2NO4. The number of nitrogens with one attached hydrogen (secondary N) is 1. The minimum atomic E-state index is -0.432. The molecule has 1 saturated heterocycles. The van der Waals surface area contributed by atoms with Crippen LogP contribution < -0.4 is 14.8 Å². The van der Waals surface area contributed by atoms with Crippen molar-refractivity contribution in [3.63, 3.8) is 0 Å². The number of carbonyl (C=O) groups excluding carboxylic acids is 1. The molecule has 1 amide bonds. The van der Waals surface area contributed by atoms with Crippen LogP contribution in [0.2, 0.25) is 5.02 Å². The molecule has 0 bridgehead atoms. The van der Waals surface area contributed by atoms with E-state index in [4.69, 9.17) is 25.8 Å². The standard InChI is InChI=1S/C13H14ClNO4.ClH/c1-13(2)5-17-12(16)15-11(13)7-3-9-10(4-8(7)14)19-6-18-9;/h3-4,11H,5-6H2,1-2H3,(H,15,16);1H/t11-;/m1./s1. The smallest absolute Gasteiger partial charge is 0.407 e. The number of fused-ring (bicyclic) bond motifs is 1. The van der Waals surface area contributed by atoms with E-state index in [0.29, 0.717) is 23.1 Å². The summed E-state index contributed by atoms with van der Waals surface area (Å²) >= 11 is 6.29. The molecule has 1 atom stereocenters. The summed E-state index contributed by atoms with van der Waals surface area (Å²) in [5, 5.41) is 3.36. The Morgan fingerprint density at radius 3 is 2.60 bits per heavy atom. The fourth-order valence-corrected chi connectivity index (χ4v) is 2.61. The van der Waals surface area contributed by atoms with Gasteiger partial charge in [-0.1, -0.05) is 25.4 Å². The van der Waals surface area contributed by atoms with Crippen LogP contribution in [0.3, 0.4) is 0 Å². The molecule has 7 heteroatoms. The maximum absolute atomic E-state index is 11.4. The van der Waals surface area contributed by atoms with Gasteiger partial charge in [0.15, 0.2) is 11.5 Å². The largest absolute Gasteiger partial charge is 0.454 e. The number of cyclic esters (lactones) is 1. The van der Waals surface area contributed by atoms with Gasteiger partial charge in [0.1, 0.15) is 6.61 Å². The Morgan fingerprint density at radius 1 is 1.25 bits per heavy atom. The van der Waals surface area contributed by atoms with Gasteiger partial charge < -0.3 is 19.5 Å². The first-order valence-electron chi connectivity index (χ1n) is 6.00. The first-order chi connectivity index (χ1) is 8.97. The third kappa shape index (κ3) is 2.47. The Labute approximate surface area is 127 Å². The highest BCUT2D eigenvalue weighted by atomic mass is 35.5. The first kappa shape index (κ1) is 15.1. The van der Waals surface area contributed by atoms with Crippen molar-refractivity contribution in [2.75, 3.05) is 13.4 Å². The summed E-state index contributed by atoms with van der Waals surface area (Å²) in [6.45, 7) is 4.56. The fourth-order valence-electron chi connectivity index (χ4n) is 2.34. The van der Waals surface area contributed by atoms with Gasteiger partial charge in [-0.15, -0.1) is 12.4 Å². The van der Waals surface area contributed by atoms with Crippen LogP contribution in [0.1, 0.15) is 25.5 Å². The van der Waals surface area contributed by atoms with Gasteiger partial charge in [0, 0.05) is 16.5 Å². The number of hydrogen-bond donors (Lipinski definition) is 1. The summed E-state index contributed by atoms with van der Waals surface area (Å²) in [6.07, 6.45) is -0.432. The van der Waals surface area contributed by atoms with Crippen LogP contribution in [0, 0.1) is 5.41 Å². The van der Waals surface area contributed by atoms with E-state index in [1.165, 1.54) is 0 Å². The molecule has 0 saturated carbocycles. The van der Waals surface area contributed by atoms with Crippen LogP contribution >= 0.6 is 24.0 Å². The van der Waals surface area contributed by atoms with Crippen molar-refractivity contribution in [3.8, 4) is 11.5 Å². The van der Waals surface area contributed by atoms with E-state index in [9.17, 15) is 4.79 Å². The number of carbonyl (C=O) groups is 1. The Balaban J connectivity index is 0.00000147. The zero-order valence-corrected chi connectivity index (χ0v) is 12.6. The van der Waals surface area contributed by atoms with Crippen LogP contribution in [0.25, 0.3) is 0 Å². The van der Waals surface area contributed by atoms with Crippen molar-refractivity contribution >= 4 is 30.1 Å². The van der Waals surface area contributed by atoms with Crippen LogP contribution in [0.5, 0.6) is 11.5 Å². The molecule has 2 heterocycles. The molecule has 1 N–H and O–H groups in total. The van der Waals surface area contributed by atoms with Gasteiger partial charge in [0.05, 0.1) is 6.04 Å². The molecular weight excluding hydrogens is 305 g/mol. The lowest BCUT2D eigenvalue weighted by Gasteiger charge is -2.38. The van der Waals surface area contributed by atoms with Crippen LogP contribution in [0.4, 0.5) is 4.79 Å². The highest BCUT2D eigenvalue weighted by Gasteiger charge is 2.39. The minimum Gasteiger partial charge on any atom is -0.454 e. The molecule has 3 rings (SSSR count). The van der Waals surface area contributed by atoms with Crippen molar-refractivity contribution in [1.29, 1.82) is 0 Å². The molecule has 5 nitrogen and oxygen atoms in total. The molecule has 1 aromatic rings. The van der Waals surface area contributed by atoms with Crippen molar-refractivity contribution in [2.24, 2.45) is 5.41 Å². The molecule has 2 aliphatic rings. The van der Waals surface area contributed by atoms with Gasteiger partial charge in [0.25, 0.3) is 0 Å². The summed E-state index contributed by atoms with van der Waals surface area (Å²) in [7, 11) is 0. The average molecular weight is 320 g/mol. The second-order valence-electron chi connectivity index (χ2n) is 5.37. The van der Waals surface area contributed by atoms with Crippen molar-refractivity contribution in [3.05, 3.63) is 22.7 Å². The van der Waals surface area contributed by atoms with Gasteiger partial charge in [-0.3, -0.25) is 0 Å². The van der Waals surface area contributed by atoms with E-state index < -0.39 is 6.09 Å². The number of benzene rings is 1. The Morgan fingerprint density at radius 2 is 1.90 bits per heavy atom. The zero-order valence-electron chi connectivity index (χ0n) is 11.1. The third-order valence-electron chi connectivity index (χ3n) is 3.42. The highest BCUT2D eigenvalue weighted by molar-refractivity contribution is 6.31. The fraction of sp³-hybridized carbons (Fsp3) is 0.462. The normalized spacial score (nSPS) is 22.6. The van der Waals surface area contributed by atoms with Crippen LogP contribution in [-0.2, 0) is 4.74 Å². The molecule has 1 aromatic carbocycles. The lowest BCUT2D eigenvalue weighted by molar-refractivity contribution is 0.0387. The predicted molar refractivity (Wildman–Crippen MR) is 75.8 cm³/mol. The number of ether oxygens (including phenoxy) is 3. The van der Waals surface area contributed by atoms with Gasteiger partial charge >= 0.3 is 6.09 Å². The second kappa shape index (κ2) is 5.22. The Hall–Kier alpha value is -1.33. The maximum Gasteiger partial charge on any atom is 0.407 e. The lowest BCUT2D eigenvalue weighted by Crippen LogP contribution is -2.47. The summed E-state index contributed by atoms with van der Waals surface area (Å²) in [4.78, 5) is 11.4. The summed E-state index contributed by atoms with van der Waals surface area (Å²) in [5.41, 5.74) is 0.554. The monoisotopic (exact) mass is 319 g/mol. The highest BCUT2D eigenvalue weighted by Crippen LogP contribution is 2.44. The van der Waals surface area contributed by atoms with Crippen LogP contribution in [-0.4, -0.2) is 19.5 Å². The van der Waals surface area contributed by atoms with Crippen molar-refractivity contribution in [2.45, 2.75) is 19.9 Å². The molecule has 0 aromatic heterocycles. The minimum absolute atomic E-state index is 0. The van der Waals surface area contributed by atoms with E-state index in [2.05, 4.69) is 5.32 Å². The second-order valence-corrected chi connectivity index (χ2v) is 5.78. The van der Waals surface area contributed by atoms with Gasteiger partial charge in [0.2, 0.25) is 6.79 Å². The van der Waals surface area contributed by atoms with Crippen LogP contribution in [0.15, 0.2) is 12.1 Å². The lowest BCUT2D eigenvalue weighted by atomic mass is 9.80. The molecule has 2 aliphatic heterocycles. The quantitative estimate of drug-likeness (QED) is 0.862. The summed E-state index contributed by atoms with van der Waals surface area (Å²) in [6, 6.07) is 3.32. The van der Waals surface area contributed by atoms with E-state index in [1.54, 1.807) is 6.07 Å². The third-order valence-corrected chi connectivity index (χ3v) is 3.75. The molecule has 110 valence electrons. The van der Waals surface area contributed by atoms with Crippen molar-refractivity contribution in [1.82, 2.24) is 5.32 Å². The van der Waals surface area contributed by atoms with E-state index >= 15 is 0 Å². The molecule has 1 fully saturated rings. The van der Waals surface area contributed by atoms with Crippen molar-refractivity contribution < 1.29 is 19.0 Å². The Bertz CT molecular complexity index is 547. The van der Waals surface area contributed by atoms with E-state index in [1.807, 2.05) is 19.9 Å². The maximum atomic E-state index is 11.4. The molecule has 0 radical (unpaired) electrons. The number of alkyl carbamates (subject to hydrolysis) is 1. The predicted octanol–water partition coefficient (Wildman–Crippen LogP) is 3.30. The van der Waals surface area contributed by atoms with E-state index in [0.717, 1.165) is 5.56 Å². The molecule has 0 aliphatic carbocycles. The summed E-state index contributed by atoms with van der Waals surface area (Å²) in [5.74, 6) is 1.28. The first-order valence-corrected chi connectivity index (χ1v) is 6.37. The van der Waals surface area contributed by atoms with E-state index in [-0.39, 0.29) is 30.7 Å². The summed E-state index contributed by atoms with van der Waals surface area (Å²) < 4.78 is 15.7. The number of hydrogen-bond acceptors (Lipinski definition) is 4. The SMILES string of the molecule is CC1(C)COC(=O)N[C@@H]1c1cc2c(cc1Cl)OCO2.Cl. The van der Waals surface area contributed by atoms with Gasteiger partial charge in [-0.05, 0) is 11.6 Å². The number of amides is 1. The number of halogens is 2. The molecule has 0 unspecified atom stereocenters.